The largest absolute Gasteiger partial charge is 0.366 e. The molecule has 0 saturated heterocycles. The van der Waals surface area contributed by atoms with Crippen LogP contribution < -0.4 is 5.73 Å². The van der Waals surface area contributed by atoms with Crippen molar-refractivity contribution in [1.29, 1.82) is 0 Å². The number of fused-ring (bicyclic) bond motifs is 1. The van der Waals surface area contributed by atoms with Crippen LogP contribution in [-0.4, -0.2) is 21.1 Å². The van der Waals surface area contributed by atoms with E-state index in [4.69, 9.17) is 5.73 Å². The summed E-state index contributed by atoms with van der Waals surface area (Å²) < 4.78 is 0. The highest BCUT2D eigenvalue weighted by atomic mass is 16.1. The van der Waals surface area contributed by atoms with Crippen LogP contribution >= 0.6 is 0 Å². The maximum absolute atomic E-state index is 11.5. The fraction of sp³-hybridized carbons (Fsp3) is 0.0909. The lowest BCUT2D eigenvalue weighted by molar-refractivity contribution is 0.100. The fourth-order valence-electron chi connectivity index (χ4n) is 3.25. The molecule has 27 heavy (non-hydrogen) atoms. The van der Waals surface area contributed by atoms with Crippen molar-refractivity contribution in [3.63, 3.8) is 0 Å². The molecule has 0 spiro atoms. The standard InChI is InChI=1S/C22H18N4O/c1-13-18(7-4-10-24-13)21-19-9-8-16(12-20(19)14(2)25-26-21)15-5-3-6-17(11-15)22(23)27/h3-12H,1-2H3,(H2,23,27). The highest BCUT2D eigenvalue weighted by Gasteiger charge is 2.13. The molecular weight excluding hydrogens is 336 g/mol. The van der Waals surface area contributed by atoms with E-state index in [1.54, 1.807) is 18.3 Å². The van der Waals surface area contributed by atoms with Gasteiger partial charge in [-0.05, 0) is 55.3 Å². The second-order valence-electron chi connectivity index (χ2n) is 6.48. The van der Waals surface area contributed by atoms with Crippen LogP contribution in [0.4, 0.5) is 0 Å². The van der Waals surface area contributed by atoms with Gasteiger partial charge in [0.15, 0.2) is 0 Å². The minimum atomic E-state index is -0.436. The first kappa shape index (κ1) is 16.8. The Morgan fingerprint density at radius 2 is 1.67 bits per heavy atom. The average molecular weight is 354 g/mol. The van der Waals surface area contributed by atoms with E-state index in [0.717, 1.165) is 44.5 Å². The summed E-state index contributed by atoms with van der Waals surface area (Å²) in [5.41, 5.74) is 11.4. The predicted molar refractivity (Wildman–Crippen MR) is 106 cm³/mol. The van der Waals surface area contributed by atoms with E-state index >= 15 is 0 Å². The Kier molecular flexibility index (Phi) is 4.12. The molecule has 0 unspecified atom stereocenters. The van der Waals surface area contributed by atoms with Gasteiger partial charge in [-0.25, -0.2) is 0 Å². The topological polar surface area (TPSA) is 81.8 Å². The number of primary amides is 1. The highest BCUT2D eigenvalue weighted by Crippen LogP contribution is 2.32. The Morgan fingerprint density at radius 1 is 0.852 bits per heavy atom. The summed E-state index contributed by atoms with van der Waals surface area (Å²) >= 11 is 0. The molecule has 4 rings (SSSR count). The van der Waals surface area contributed by atoms with Crippen LogP contribution in [0.5, 0.6) is 0 Å². The quantitative estimate of drug-likeness (QED) is 0.601. The summed E-state index contributed by atoms with van der Waals surface area (Å²) in [6, 6.07) is 17.4. The van der Waals surface area contributed by atoms with E-state index in [9.17, 15) is 4.79 Å². The van der Waals surface area contributed by atoms with Crippen LogP contribution in [0.3, 0.4) is 0 Å². The van der Waals surface area contributed by atoms with Crippen molar-refractivity contribution in [2.24, 2.45) is 5.73 Å². The molecule has 4 aromatic rings. The number of nitrogens with two attached hydrogens (primary N) is 1. The van der Waals surface area contributed by atoms with Crippen LogP contribution in [0.25, 0.3) is 33.2 Å². The Morgan fingerprint density at radius 3 is 2.44 bits per heavy atom. The summed E-state index contributed by atoms with van der Waals surface area (Å²) in [5.74, 6) is -0.436. The number of amides is 1. The Hall–Kier alpha value is -3.60. The molecule has 2 heterocycles. The molecule has 1 amide bonds. The van der Waals surface area contributed by atoms with Gasteiger partial charge >= 0.3 is 0 Å². The van der Waals surface area contributed by atoms with Gasteiger partial charge in [-0.3, -0.25) is 9.78 Å². The smallest absolute Gasteiger partial charge is 0.248 e. The number of nitrogens with zero attached hydrogens (tertiary/aromatic N) is 3. The first-order chi connectivity index (χ1) is 13.0. The van der Waals surface area contributed by atoms with Crippen LogP contribution in [0.1, 0.15) is 21.7 Å². The van der Waals surface area contributed by atoms with Crippen molar-refractivity contribution in [3.05, 3.63) is 77.7 Å². The number of benzene rings is 2. The van der Waals surface area contributed by atoms with Gasteiger partial charge in [0.1, 0.15) is 5.69 Å². The van der Waals surface area contributed by atoms with Gasteiger partial charge in [0, 0.05) is 33.8 Å². The molecule has 0 bridgehead atoms. The van der Waals surface area contributed by atoms with Crippen molar-refractivity contribution in [1.82, 2.24) is 15.2 Å². The SMILES string of the molecule is Cc1ncccc1-c1nnc(C)c2cc(-c3cccc(C(N)=O)c3)ccc12. The van der Waals surface area contributed by atoms with Gasteiger partial charge in [0.05, 0.1) is 5.69 Å². The summed E-state index contributed by atoms with van der Waals surface area (Å²) in [7, 11) is 0. The Bertz CT molecular complexity index is 1180. The summed E-state index contributed by atoms with van der Waals surface area (Å²) in [6.07, 6.45) is 1.77. The van der Waals surface area contributed by atoms with Gasteiger partial charge in [-0.1, -0.05) is 24.3 Å². The number of aromatic nitrogens is 3. The molecule has 2 aromatic heterocycles. The summed E-state index contributed by atoms with van der Waals surface area (Å²) in [6.45, 7) is 3.91. The molecule has 0 aliphatic rings. The van der Waals surface area contributed by atoms with Crippen LogP contribution in [0.2, 0.25) is 0 Å². The first-order valence-electron chi connectivity index (χ1n) is 8.64. The fourth-order valence-corrected chi connectivity index (χ4v) is 3.25. The first-order valence-corrected chi connectivity index (χ1v) is 8.64. The van der Waals surface area contributed by atoms with E-state index in [1.165, 1.54) is 0 Å². The number of rotatable bonds is 3. The normalized spacial score (nSPS) is 10.9. The summed E-state index contributed by atoms with van der Waals surface area (Å²) in [5, 5.41) is 10.8. The third-order valence-electron chi connectivity index (χ3n) is 4.71. The molecular formula is C22H18N4O. The van der Waals surface area contributed by atoms with E-state index in [1.807, 2.05) is 50.2 Å². The second kappa shape index (κ2) is 6.61. The number of hydrogen-bond acceptors (Lipinski definition) is 4. The Labute approximate surface area is 156 Å². The number of carbonyl (C=O) groups excluding carboxylic acids is 1. The molecule has 0 saturated carbocycles. The average Bonchev–Trinajstić information content (AvgIpc) is 2.69. The maximum Gasteiger partial charge on any atom is 0.248 e. The lowest BCUT2D eigenvalue weighted by Gasteiger charge is -2.11. The van der Waals surface area contributed by atoms with Crippen molar-refractivity contribution < 1.29 is 4.79 Å². The molecule has 5 nitrogen and oxygen atoms in total. The molecule has 0 atom stereocenters. The van der Waals surface area contributed by atoms with Crippen molar-refractivity contribution in [2.45, 2.75) is 13.8 Å². The number of hydrogen-bond donors (Lipinski definition) is 1. The van der Waals surface area contributed by atoms with E-state index in [-0.39, 0.29) is 0 Å². The molecule has 0 aliphatic heterocycles. The minimum Gasteiger partial charge on any atom is -0.366 e. The van der Waals surface area contributed by atoms with Crippen molar-refractivity contribution in [3.8, 4) is 22.4 Å². The molecule has 2 aromatic carbocycles. The zero-order valence-electron chi connectivity index (χ0n) is 15.1. The van der Waals surface area contributed by atoms with E-state index in [0.29, 0.717) is 5.56 Å². The Balaban J connectivity index is 1.91. The van der Waals surface area contributed by atoms with Gasteiger partial charge in [-0.2, -0.15) is 5.10 Å². The zero-order valence-corrected chi connectivity index (χ0v) is 15.1. The number of carbonyl (C=O) groups is 1. The van der Waals surface area contributed by atoms with Gasteiger partial charge in [-0.15, -0.1) is 5.10 Å². The van der Waals surface area contributed by atoms with E-state index < -0.39 is 5.91 Å². The molecule has 132 valence electrons. The lowest BCUT2D eigenvalue weighted by atomic mass is 9.97. The third-order valence-corrected chi connectivity index (χ3v) is 4.71. The molecule has 0 aliphatic carbocycles. The molecule has 0 radical (unpaired) electrons. The molecule has 5 heteroatoms. The van der Waals surface area contributed by atoms with Crippen molar-refractivity contribution >= 4 is 16.7 Å². The predicted octanol–water partition coefficient (Wildman–Crippen LogP) is 4.07. The number of pyridine rings is 1. The van der Waals surface area contributed by atoms with Gasteiger partial charge in [0.25, 0.3) is 0 Å². The maximum atomic E-state index is 11.5. The lowest BCUT2D eigenvalue weighted by Crippen LogP contribution is -2.10. The van der Waals surface area contributed by atoms with Gasteiger partial charge < -0.3 is 5.73 Å². The monoisotopic (exact) mass is 354 g/mol. The number of aryl methyl sites for hydroxylation is 2. The molecule has 0 fully saturated rings. The van der Waals surface area contributed by atoms with Crippen LogP contribution in [-0.2, 0) is 0 Å². The third kappa shape index (κ3) is 3.04. The van der Waals surface area contributed by atoms with Crippen LogP contribution in [0.15, 0.2) is 60.8 Å². The highest BCUT2D eigenvalue weighted by molar-refractivity contribution is 5.99. The van der Waals surface area contributed by atoms with Crippen LogP contribution in [0, 0.1) is 13.8 Å². The summed E-state index contributed by atoms with van der Waals surface area (Å²) in [4.78, 5) is 15.8. The molecule has 2 N–H and O–H groups in total. The van der Waals surface area contributed by atoms with Gasteiger partial charge in [0.2, 0.25) is 5.91 Å². The zero-order chi connectivity index (χ0) is 19.0. The van der Waals surface area contributed by atoms with Crippen molar-refractivity contribution in [2.75, 3.05) is 0 Å². The van der Waals surface area contributed by atoms with E-state index in [2.05, 4.69) is 21.2 Å². The minimum absolute atomic E-state index is 0.436. The second-order valence-corrected chi connectivity index (χ2v) is 6.48.